The number of rotatable bonds is 2. The molecule has 7 heteroatoms. The minimum absolute atomic E-state index is 0. The van der Waals surface area contributed by atoms with E-state index in [1.807, 2.05) is 0 Å². The summed E-state index contributed by atoms with van der Waals surface area (Å²) in [4.78, 5) is 23.9. The van der Waals surface area contributed by atoms with Gasteiger partial charge in [0.1, 0.15) is 5.60 Å². The molecule has 0 radical (unpaired) electrons. The second-order valence-electron chi connectivity index (χ2n) is 5.35. The number of likely N-dealkylation sites (tertiary alicyclic amines) is 1. The molecule has 0 unspecified atom stereocenters. The van der Waals surface area contributed by atoms with Crippen molar-refractivity contribution in [3.63, 3.8) is 0 Å². The Kier molecular flexibility index (Phi) is 6.63. The molecule has 18 heavy (non-hydrogen) atoms. The molecule has 1 rings (SSSR count). The number of nitrogens with zero attached hydrogens (tertiary/aromatic N) is 1. The fraction of sp³-hybridized carbons (Fsp3) is 0.818. The van der Waals surface area contributed by atoms with E-state index in [-0.39, 0.29) is 35.6 Å². The number of likely N-dealkylation sites (N-methyl/N-ethyl adjacent to an activating group) is 1. The molecule has 1 aliphatic rings. The molecule has 0 aromatic carbocycles. The van der Waals surface area contributed by atoms with Crippen molar-refractivity contribution in [2.45, 2.75) is 44.9 Å². The maximum Gasteiger partial charge on any atom is 1.00 e. The smallest absolute Gasteiger partial charge is 0.548 e. The van der Waals surface area contributed by atoms with Crippen molar-refractivity contribution in [3.8, 4) is 0 Å². The van der Waals surface area contributed by atoms with Gasteiger partial charge in [-0.25, -0.2) is 4.79 Å². The van der Waals surface area contributed by atoms with Crippen LogP contribution < -0.4 is 40.0 Å². The number of hydrogen-bond acceptors (Lipinski definition) is 5. The minimum Gasteiger partial charge on any atom is -0.548 e. The summed E-state index contributed by atoms with van der Waals surface area (Å²) in [6, 6.07) is -0.854. The average molecular weight is 266 g/mol. The molecule has 1 aliphatic heterocycles. The molecule has 0 spiro atoms. The van der Waals surface area contributed by atoms with E-state index in [2.05, 4.69) is 5.32 Å². The van der Waals surface area contributed by atoms with Gasteiger partial charge >= 0.3 is 35.7 Å². The van der Waals surface area contributed by atoms with Crippen LogP contribution in [0.1, 0.15) is 27.2 Å². The monoisotopic (exact) mass is 266 g/mol. The molecule has 0 aliphatic carbocycles. The van der Waals surface area contributed by atoms with Gasteiger partial charge in [-0.3, -0.25) is 4.90 Å². The molecule has 0 aromatic rings. The molecule has 0 bridgehead atoms. The van der Waals surface area contributed by atoms with Crippen molar-refractivity contribution >= 4 is 12.1 Å². The first-order chi connectivity index (χ1) is 7.69. The molecule has 0 aromatic heterocycles. The SMILES string of the molecule is CN1C[C@H](NC(=O)OC(C)(C)C)C[C@H]1C(=O)[O-].[Na+]. The van der Waals surface area contributed by atoms with Crippen LogP contribution in [0.3, 0.4) is 0 Å². The third-order valence-corrected chi connectivity index (χ3v) is 2.54. The summed E-state index contributed by atoms with van der Waals surface area (Å²) in [6.45, 7) is 5.81. The molecular weight excluding hydrogens is 247 g/mol. The number of aliphatic carboxylic acids is 1. The Morgan fingerprint density at radius 1 is 1.39 bits per heavy atom. The zero-order valence-electron chi connectivity index (χ0n) is 11.6. The Morgan fingerprint density at radius 2 is 1.94 bits per heavy atom. The zero-order valence-corrected chi connectivity index (χ0v) is 13.6. The van der Waals surface area contributed by atoms with Crippen molar-refractivity contribution in [1.82, 2.24) is 10.2 Å². The fourth-order valence-electron chi connectivity index (χ4n) is 1.85. The van der Waals surface area contributed by atoms with E-state index in [0.29, 0.717) is 13.0 Å². The first kappa shape index (κ1) is 17.7. The van der Waals surface area contributed by atoms with E-state index < -0.39 is 23.7 Å². The van der Waals surface area contributed by atoms with E-state index in [9.17, 15) is 14.7 Å². The maximum absolute atomic E-state index is 11.5. The van der Waals surface area contributed by atoms with Gasteiger partial charge in [0.25, 0.3) is 0 Å². The van der Waals surface area contributed by atoms with Gasteiger partial charge in [0, 0.05) is 12.6 Å². The third kappa shape index (κ3) is 5.56. The summed E-state index contributed by atoms with van der Waals surface area (Å²) in [5, 5.41) is 13.4. The Labute approximate surface area is 129 Å². The maximum atomic E-state index is 11.5. The van der Waals surface area contributed by atoms with Crippen LogP contribution in [0.15, 0.2) is 0 Å². The summed E-state index contributed by atoms with van der Waals surface area (Å²) >= 11 is 0. The summed E-state index contributed by atoms with van der Waals surface area (Å²) in [5.41, 5.74) is -0.553. The number of carbonyl (C=O) groups is 2. The molecule has 1 fully saturated rings. The summed E-state index contributed by atoms with van der Waals surface area (Å²) in [6.07, 6.45) is -0.173. The largest absolute Gasteiger partial charge is 1.00 e. The Hall–Kier alpha value is -0.300. The minimum atomic E-state index is -1.11. The van der Waals surface area contributed by atoms with E-state index in [1.54, 1.807) is 32.7 Å². The van der Waals surface area contributed by atoms with Gasteiger partial charge in [0.15, 0.2) is 0 Å². The molecule has 1 amide bonds. The normalized spacial score (nSPS) is 24.2. The first-order valence-corrected chi connectivity index (χ1v) is 5.59. The van der Waals surface area contributed by atoms with Crippen molar-refractivity contribution in [3.05, 3.63) is 0 Å². The Morgan fingerprint density at radius 3 is 2.33 bits per heavy atom. The van der Waals surface area contributed by atoms with Crippen molar-refractivity contribution in [2.24, 2.45) is 0 Å². The van der Waals surface area contributed by atoms with Crippen molar-refractivity contribution in [2.75, 3.05) is 13.6 Å². The number of carbonyl (C=O) groups excluding carboxylic acids is 2. The second kappa shape index (κ2) is 6.75. The molecule has 1 heterocycles. The topological polar surface area (TPSA) is 81.7 Å². The summed E-state index contributed by atoms with van der Waals surface area (Å²) < 4.78 is 5.10. The Bertz CT molecular complexity index is 317. The number of alkyl carbamates (subject to hydrolysis) is 1. The predicted molar refractivity (Wildman–Crippen MR) is 59.2 cm³/mol. The first-order valence-electron chi connectivity index (χ1n) is 5.59. The zero-order chi connectivity index (χ0) is 13.2. The van der Waals surface area contributed by atoms with Crippen LogP contribution in [0.4, 0.5) is 4.79 Å². The van der Waals surface area contributed by atoms with E-state index >= 15 is 0 Å². The van der Waals surface area contributed by atoms with Gasteiger partial charge in [0.2, 0.25) is 0 Å². The second-order valence-corrected chi connectivity index (χ2v) is 5.35. The van der Waals surface area contributed by atoms with Crippen LogP contribution in [-0.4, -0.2) is 48.2 Å². The third-order valence-electron chi connectivity index (χ3n) is 2.54. The van der Waals surface area contributed by atoms with Crippen LogP contribution in [-0.2, 0) is 9.53 Å². The van der Waals surface area contributed by atoms with Crippen molar-refractivity contribution < 1.29 is 49.0 Å². The van der Waals surface area contributed by atoms with Crippen LogP contribution >= 0.6 is 0 Å². The van der Waals surface area contributed by atoms with Crippen molar-refractivity contribution in [1.29, 1.82) is 0 Å². The van der Waals surface area contributed by atoms with Gasteiger partial charge < -0.3 is 20.0 Å². The van der Waals surface area contributed by atoms with Gasteiger partial charge in [-0.2, -0.15) is 0 Å². The fourth-order valence-corrected chi connectivity index (χ4v) is 1.85. The number of nitrogens with one attached hydrogen (secondary N) is 1. The molecule has 0 saturated carbocycles. The molecule has 98 valence electrons. The van der Waals surface area contributed by atoms with E-state index in [4.69, 9.17) is 4.74 Å². The number of hydrogen-bond donors (Lipinski definition) is 1. The number of carboxylic acid groups (broad SMARTS) is 1. The van der Waals surface area contributed by atoms with Gasteiger partial charge in [-0.15, -0.1) is 0 Å². The van der Waals surface area contributed by atoms with E-state index in [0.717, 1.165) is 0 Å². The standard InChI is InChI=1S/C11H20N2O4.Na/c1-11(2,3)17-10(16)12-7-5-8(9(14)15)13(4)6-7;/h7-8H,5-6H2,1-4H3,(H,12,16)(H,14,15);/q;+1/p-1/t7-,8+;/m1./s1. The Balaban J connectivity index is 0.00000289. The average Bonchev–Trinajstić information content (AvgIpc) is 2.42. The number of ether oxygens (including phenoxy) is 1. The molecule has 1 N–H and O–H groups in total. The molecule has 1 saturated heterocycles. The quantitative estimate of drug-likeness (QED) is 0.521. The predicted octanol–water partition coefficient (Wildman–Crippen LogP) is -3.66. The number of carboxylic acids is 1. The van der Waals surface area contributed by atoms with Gasteiger partial charge in [-0.1, -0.05) is 0 Å². The molecular formula is C11H19N2NaO4. The molecule has 6 nitrogen and oxygen atoms in total. The van der Waals surface area contributed by atoms with Gasteiger partial charge in [0.05, 0.1) is 12.0 Å². The number of amides is 1. The summed E-state index contributed by atoms with van der Waals surface area (Å²) in [5.74, 6) is -1.11. The molecule has 2 atom stereocenters. The van der Waals surface area contributed by atoms with Crippen LogP contribution in [0.5, 0.6) is 0 Å². The van der Waals surface area contributed by atoms with Gasteiger partial charge in [-0.05, 0) is 34.2 Å². The van der Waals surface area contributed by atoms with Crippen LogP contribution in [0, 0.1) is 0 Å². The summed E-state index contributed by atoms with van der Waals surface area (Å²) in [7, 11) is 1.69. The van der Waals surface area contributed by atoms with E-state index in [1.165, 1.54) is 0 Å². The van der Waals surface area contributed by atoms with Crippen LogP contribution in [0.25, 0.3) is 0 Å². The van der Waals surface area contributed by atoms with Crippen LogP contribution in [0.2, 0.25) is 0 Å².